The molecule has 0 amide bonds. The average molecular weight is 355 g/mol. The molecule has 3 rings (SSSR count). The van der Waals surface area contributed by atoms with E-state index in [4.69, 9.17) is 9.15 Å². The zero-order valence-electron chi connectivity index (χ0n) is 14.3. The molecule has 0 atom stereocenters. The quantitative estimate of drug-likeness (QED) is 0.507. The minimum atomic E-state index is -1.07. The zero-order chi connectivity index (χ0) is 18.5. The van der Waals surface area contributed by atoms with Gasteiger partial charge in [-0.3, -0.25) is 0 Å². The molecule has 1 aromatic carbocycles. The molecule has 0 saturated carbocycles. The number of hydrogen-bond donors (Lipinski definition) is 0. The van der Waals surface area contributed by atoms with Crippen LogP contribution in [-0.2, 0) is 9.47 Å². The maximum absolute atomic E-state index is 12.3. The van der Waals surface area contributed by atoms with Crippen molar-refractivity contribution >= 4 is 12.1 Å². The molecule has 0 fully saturated rings. The fourth-order valence-corrected chi connectivity index (χ4v) is 2.48. The van der Waals surface area contributed by atoms with Crippen molar-refractivity contribution < 1.29 is 28.2 Å². The number of rotatable bonds is 5. The lowest BCUT2D eigenvalue weighted by molar-refractivity contribution is 0.0373. The predicted octanol–water partition coefficient (Wildman–Crippen LogP) is 4.06. The smallest absolute Gasteiger partial charge is 0.497 e. The zero-order valence-corrected chi connectivity index (χ0v) is 14.3. The third-order valence-electron chi connectivity index (χ3n) is 3.65. The van der Waals surface area contributed by atoms with E-state index in [1.165, 1.54) is 6.26 Å². The normalized spacial score (nSPS) is 10.4. The Balaban J connectivity index is 2.02. The lowest BCUT2D eigenvalue weighted by Crippen LogP contribution is -2.15. The van der Waals surface area contributed by atoms with Gasteiger partial charge in [0.1, 0.15) is 17.7 Å². The monoisotopic (exact) mass is 355 g/mol. The van der Waals surface area contributed by atoms with Crippen LogP contribution in [0.2, 0.25) is 0 Å². The molecule has 2 heterocycles. The highest BCUT2D eigenvalue weighted by Crippen LogP contribution is 2.33. The Bertz CT molecular complexity index is 893. The second-order valence-corrected chi connectivity index (χ2v) is 5.22. The number of nitrogens with zero attached hydrogens (tertiary/aromatic N) is 1. The van der Waals surface area contributed by atoms with Gasteiger partial charge in [-0.25, -0.2) is 9.59 Å². The fourth-order valence-electron chi connectivity index (χ4n) is 2.48. The maximum Gasteiger partial charge on any atom is 0.516 e. The van der Waals surface area contributed by atoms with Gasteiger partial charge < -0.3 is 23.2 Å². The van der Waals surface area contributed by atoms with Crippen molar-refractivity contribution in [1.29, 1.82) is 0 Å². The third kappa shape index (κ3) is 3.46. The first-order chi connectivity index (χ1) is 12.6. The van der Waals surface area contributed by atoms with Gasteiger partial charge in [-0.15, -0.1) is 0 Å². The van der Waals surface area contributed by atoms with E-state index in [1.54, 1.807) is 43.1 Å². The average Bonchev–Trinajstić information content (AvgIpc) is 3.31. The summed E-state index contributed by atoms with van der Waals surface area (Å²) in [6.07, 6.45) is 3.90. The topological polar surface area (TPSA) is 79.9 Å². The van der Waals surface area contributed by atoms with E-state index in [-0.39, 0.29) is 12.4 Å². The molecule has 0 saturated heterocycles. The van der Waals surface area contributed by atoms with E-state index in [2.05, 4.69) is 9.47 Å². The molecule has 0 aliphatic heterocycles. The van der Waals surface area contributed by atoms with Crippen LogP contribution in [0.25, 0.3) is 16.8 Å². The molecule has 0 aliphatic rings. The van der Waals surface area contributed by atoms with Crippen molar-refractivity contribution in [3.63, 3.8) is 0 Å². The molecule has 0 spiro atoms. The number of methoxy groups -OCH3 is 1. The molecule has 0 N–H and O–H groups in total. The second kappa shape index (κ2) is 7.60. The number of aromatic nitrogens is 1. The summed E-state index contributed by atoms with van der Waals surface area (Å²) in [4.78, 5) is 23.8. The van der Waals surface area contributed by atoms with Gasteiger partial charge in [-0.05, 0) is 36.8 Å². The van der Waals surface area contributed by atoms with Crippen LogP contribution >= 0.6 is 0 Å². The van der Waals surface area contributed by atoms with E-state index >= 15 is 0 Å². The van der Waals surface area contributed by atoms with Crippen molar-refractivity contribution in [3.8, 4) is 22.6 Å². The molecule has 0 radical (unpaired) electrons. The molecular formula is C19H17NO6. The lowest BCUT2D eigenvalue weighted by atomic mass is 10.1. The van der Waals surface area contributed by atoms with Crippen molar-refractivity contribution in [2.24, 2.45) is 0 Å². The minimum absolute atomic E-state index is 0.0972. The fraction of sp³-hybridized carbons (Fsp3) is 0.158. The molecule has 26 heavy (non-hydrogen) atoms. The summed E-state index contributed by atoms with van der Waals surface area (Å²) >= 11 is 0. The van der Waals surface area contributed by atoms with Gasteiger partial charge in [-0.1, -0.05) is 12.1 Å². The van der Waals surface area contributed by atoms with Crippen LogP contribution in [0.15, 0.2) is 59.5 Å². The first-order valence-electron chi connectivity index (χ1n) is 7.92. The second-order valence-electron chi connectivity index (χ2n) is 5.22. The molecule has 0 unspecified atom stereocenters. The van der Waals surface area contributed by atoms with Crippen LogP contribution in [0.5, 0.6) is 5.75 Å². The molecular weight excluding hydrogens is 338 g/mol. The molecule has 0 aliphatic carbocycles. The Hall–Kier alpha value is -3.48. The van der Waals surface area contributed by atoms with Crippen molar-refractivity contribution in [2.75, 3.05) is 13.7 Å². The standard InChI is InChI=1S/C19H17NO6/c1-3-24-19(22)26-18(21)17-16(20-10-4-5-11-20)15(12-25-17)13-6-8-14(23-2)9-7-13/h4-12H,3H2,1-2H3. The number of carbonyl (C=O) groups excluding carboxylic acids is 2. The molecule has 7 heteroatoms. The van der Waals surface area contributed by atoms with E-state index in [0.29, 0.717) is 17.0 Å². The van der Waals surface area contributed by atoms with E-state index in [0.717, 1.165) is 5.56 Å². The summed E-state index contributed by atoms with van der Waals surface area (Å²) in [6, 6.07) is 10.9. The summed E-state index contributed by atoms with van der Waals surface area (Å²) < 4.78 is 21.6. The number of carbonyl (C=O) groups is 2. The van der Waals surface area contributed by atoms with Crippen LogP contribution in [0.3, 0.4) is 0 Å². The van der Waals surface area contributed by atoms with Gasteiger partial charge in [0.05, 0.1) is 13.7 Å². The van der Waals surface area contributed by atoms with E-state index < -0.39 is 12.1 Å². The predicted molar refractivity (Wildman–Crippen MR) is 92.5 cm³/mol. The summed E-state index contributed by atoms with van der Waals surface area (Å²) in [5, 5.41) is 0. The Morgan fingerprint density at radius 3 is 2.42 bits per heavy atom. The summed E-state index contributed by atoms with van der Waals surface area (Å²) in [5.74, 6) is -0.311. The highest BCUT2D eigenvalue weighted by Gasteiger charge is 2.26. The van der Waals surface area contributed by atoms with Crippen molar-refractivity contribution in [2.45, 2.75) is 6.92 Å². The van der Waals surface area contributed by atoms with Gasteiger partial charge in [0.2, 0.25) is 5.76 Å². The highest BCUT2D eigenvalue weighted by molar-refractivity contribution is 5.98. The lowest BCUT2D eigenvalue weighted by Gasteiger charge is -2.08. The largest absolute Gasteiger partial charge is 0.516 e. The highest BCUT2D eigenvalue weighted by atomic mass is 16.7. The van der Waals surface area contributed by atoms with E-state index in [9.17, 15) is 9.59 Å². The summed E-state index contributed by atoms with van der Waals surface area (Å²) in [5.41, 5.74) is 1.95. The SMILES string of the molecule is CCOC(=O)OC(=O)c1occ(-c2ccc(OC)cc2)c1-n1cccc1. The van der Waals surface area contributed by atoms with Gasteiger partial charge >= 0.3 is 12.1 Å². The first-order valence-corrected chi connectivity index (χ1v) is 7.92. The number of hydrogen-bond acceptors (Lipinski definition) is 6. The van der Waals surface area contributed by atoms with Gasteiger partial charge in [-0.2, -0.15) is 0 Å². The van der Waals surface area contributed by atoms with Crippen molar-refractivity contribution in [1.82, 2.24) is 4.57 Å². The maximum atomic E-state index is 12.3. The number of furan rings is 1. The molecule has 0 bridgehead atoms. The van der Waals surface area contributed by atoms with Gasteiger partial charge in [0.15, 0.2) is 0 Å². The van der Waals surface area contributed by atoms with Crippen molar-refractivity contribution in [3.05, 3.63) is 60.8 Å². The third-order valence-corrected chi connectivity index (χ3v) is 3.65. The Labute approximate surface area is 149 Å². The number of esters is 1. The Morgan fingerprint density at radius 1 is 1.12 bits per heavy atom. The number of ether oxygens (including phenoxy) is 3. The molecule has 134 valence electrons. The van der Waals surface area contributed by atoms with Crippen LogP contribution in [-0.4, -0.2) is 30.4 Å². The minimum Gasteiger partial charge on any atom is -0.497 e. The van der Waals surface area contributed by atoms with Crippen LogP contribution in [0.1, 0.15) is 17.5 Å². The first kappa shape index (κ1) is 17.3. The number of benzene rings is 1. The van der Waals surface area contributed by atoms with E-state index in [1.807, 2.05) is 24.3 Å². The van der Waals surface area contributed by atoms with Gasteiger partial charge in [0, 0.05) is 18.0 Å². The van der Waals surface area contributed by atoms with Gasteiger partial charge in [0.25, 0.3) is 0 Å². The molecule has 2 aromatic heterocycles. The molecule has 3 aromatic rings. The Kier molecular flexibility index (Phi) is 5.07. The van der Waals surface area contributed by atoms with Crippen LogP contribution < -0.4 is 4.74 Å². The molecule has 7 nitrogen and oxygen atoms in total. The van der Waals surface area contributed by atoms with Crippen LogP contribution in [0, 0.1) is 0 Å². The summed E-state index contributed by atoms with van der Waals surface area (Å²) in [7, 11) is 1.58. The Morgan fingerprint density at radius 2 is 1.81 bits per heavy atom. The summed E-state index contributed by atoms with van der Waals surface area (Å²) in [6.45, 7) is 1.72. The van der Waals surface area contributed by atoms with Crippen LogP contribution in [0.4, 0.5) is 4.79 Å².